The Morgan fingerprint density at radius 2 is 2.11 bits per heavy atom. The van der Waals surface area contributed by atoms with Crippen molar-refractivity contribution >= 4 is 21.6 Å². The molecule has 0 spiro atoms. The van der Waals surface area contributed by atoms with Gasteiger partial charge in [-0.2, -0.15) is 4.31 Å². The Kier molecular flexibility index (Phi) is 3.72. The molecule has 1 saturated heterocycles. The van der Waals surface area contributed by atoms with Crippen LogP contribution < -0.4 is 11.1 Å². The van der Waals surface area contributed by atoms with Gasteiger partial charge in [-0.15, -0.1) is 0 Å². The van der Waals surface area contributed by atoms with Crippen LogP contribution >= 0.6 is 0 Å². The molecule has 0 aromatic heterocycles. The number of sulfonamides is 1. The molecule has 1 fully saturated rings. The first-order chi connectivity index (χ1) is 8.93. The summed E-state index contributed by atoms with van der Waals surface area (Å²) in [7, 11) is -4.11. The number of hydrogen-bond donors (Lipinski definition) is 2. The Morgan fingerprint density at radius 3 is 2.79 bits per heavy atom. The number of benzene rings is 1. The van der Waals surface area contributed by atoms with E-state index in [0.717, 1.165) is 10.4 Å². The van der Waals surface area contributed by atoms with Gasteiger partial charge in [0.2, 0.25) is 15.9 Å². The van der Waals surface area contributed by atoms with Crippen LogP contribution in [0.5, 0.6) is 0 Å². The highest BCUT2D eigenvalue weighted by molar-refractivity contribution is 7.89. The number of nitrogen functional groups attached to an aromatic ring is 1. The summed E-state index contributed by atoms with van der Waals surface area (Å²) in [6.07, 6.45) is 0.472. The van der Waals surface area contributed by atoms with E-state index < -0.39 is 26.6 Å². The molecule has 19 heavy (non-hydrogen) atoms. The third-order valence-electron chi connectivity index (χ3n) is 2.82. The van der Waals surface area contributed by atoms with Gasteiger partial charge in [-0.1, -0.05) is 6.07 Å². The lowest BCUT2D eigenvalue weighted by atomic mass is 10.3. The molecular weight excluding hydrogens is 273 g/mol. The lowest BCUT2D eigenvalue weighted by molar-refractivity contribution is -0.120. The maximum atomic E-state index is 13.7. The molecule has 1 aromatic rings. The van der Waals surface area contributed by atoms with Crippen molar-refractivity contribution in [3.05, 3.63) is 24.0 Å². The van der Waals surface area contributed by atoms with Crippen molar-refractivity contribution in [3.63, 3.8) is 0 Å². The summed E-state index contributed by atoms with van der Waals surface area (Å²) < 4.78 is 39.4. The molecule has 1 aliphatic heterocycles. The molecule has 1 aliphatic rings. The van der Waals surface area contributed by atoms with Gasteiger partial charge in [0.15, 0.2) is 0 Å². The molecule has 0 unspecified atom stereocenters. The highest BCUT2D eigenvalue weighted by atomic mass is 32.2. The van der Waals surface area contributed by atoms with E-state index in [1.165, 1.54) is 12.1 Å². The quantitative estimate of drug-likeness (QED) is 0.744. The van der Waals surface area contributed by atoms with Crippen molar-refractivity contribution in [1.29, 1.82) is 0 Å². The van der Waals surface area contributed by atoms with E-state index in [1.807, 2.05) is 0 Å². The predicted molar refractivity (Wildman–Crippen MR) is 67.2 cm³/mol. The van der Waals surface area contributed by atoms with Crippen LogP contribution in [0.1, 0.15) is 6.42 Å². The number of hydrogen-bond acceptors (Lipinski definition) is 4. The van der Waals surface area contributed by atoms with Crippen LogP contribution in [0.15, 0.2) is 23.1 Å². The second-order valence-corrected chi connectivity index (χ2v) is 6.08. The Morgan fingerprint density at radius 1 is 1.37 bits per heavy atom. The number of nitrogens with two attached hydrogens (primary N) is 1. The molecule has 2 rings (SSSR count). The first-order valence-corrected chi connectivity index (χ1v) is 7.18. The second kappa shape index (κ2) is 5.14. The number of halogens is 1. The maximum absolute atomic E-state index is 13.7. The predicted octanol–water partition coefficient (Wildman–Crippen LogP) is -0.0815. The summed E-state index contributed by atoms with van der Waals surface area (Å²) in [5.41, 5.74) is 5.38. The van der Waals surface area contributed by atoms with Crippen LogP contribution in [0.3, 0.4) is 0 Å². The van der Waals surface area contributed by atoms with Crippen molar-refractivity contribution in [2.75, 3.05) is 25.4 Å². The first kappa shape index (κ1) is 13.8. The average molecular weight is 287 g/mol. The minimum Gasteiger partial charge on any atom is -0.398 e. The van der Waals surface area contributed by atoms with Gasteiger partial charge in [0.05, 0.1) is 12.2 Å². The summed E-state index contributed by atoms with van der Waals surface area (Å²) >= 11 is 0. The van der Waals surface area contributed by atoms with Gasteiger partial charge in [-0.25, -0.2) is 12.8 Å². The SMILES string of the molecule is Nc1cccc(F)c1S(=O)(=O)N1CCCNC(=O)C1. The summed E-state index contributed by atoms with van der Waals surface area (Å²) in [5.74, 6) is -1.32. The molecule has 1 aromatic carbocycles. The van der Waals surface area contributed by atoms with E-state index in [1.54, 1.807) is 0 Å². The molecule has 1 heterocycles. The minimum absolute atomic E-state index is 0.148. The molecule has 0 radical (unpaired) electrons. The molecule has 0 aliphatic carbocycles. The molecule has 6 nitrogen and oxygen atoms in total. The number of anilines is 1. The zero-order valence-corrected chi connectivity index (χ0v) is 10.9. The summed E-state index contributed by atoms with van der Waals surface area (Å²) in [5, 5.41) is 2.56. The Hall–Kier alpha value is -1.67. The Balaban J connectivity index is 2.44. The van der Waals surface area contributed by atoms with Crippen molar-refractivity contribution < 1.29 is 17.6 Å². The number of rotatable bonds is 2. The van der Waals surface area contributed by atoms with Crippen LogP contribution in [0.2, 0.25) is 0 Å². The smallest absolute Gasteiger partial charge is 0.248 e. The van der Waals surface area contributed by atoms with Gasteiger partial charge in [0.1, 0.15) is 10.7 Å². The number of carbonyl (C=O) groups excluding carboxylic acids is 1. The summed E-state index contributed by atoms with van der Waals surface area (Å²) in [6.45, 7) is 0.225. The Labute approximate surface area is 110 Å². The third-order valence-corrected chi connectivity index (χ3v) is 4.76. The van der Waals surface area contributed by atoms with E-state index in [-0.39, 0.29) is 18.8 Å². The fourth-order valence-electron chi connectivity index (χ4n) is 1.91. The molecule has 3 N–H and O–H groups in total. The number of nitrogens with one attached hydrogen (secondary N) is 1. The normalized spacial score (nSPS) is 17.8. The molecular formula is C11H14FN3O3S. The first-order valence-electron chi connectivity index (χ1n) is 5.74. The molecule has 1 amide bonds. The third kappa shape index (κ3) is 2.69. The molecule has 0 saturated carbocycles. The molecule has 0 bridgehead atoms. The van der Waals surface area contributed by atoms with E-state index >= 15 is 0 Å². The van der Waals surface area contributed by atoms with E-state index in [2.05, 4.69) is 5.32 Å². The standard InChI is InChI=1S/C11H14FN3O3S/c12-8-3-1-4-9(13)11(8)19(17,18)15-6-2-5-14-10(16)7-15/h1,3-4H,2,5-7,13H2,(H,14,16). The van der Waals surface area contributed by atoms with E-state index in [0.29, 0.717) is 13.0 Å². The van der Waals surface area contributed by atoms with Crippen LogP contribution in [0.4, 0.5) is 10.1 Å². The highest BCUT2D eigenvalue weighted by Gasteiger charge is 2.31. The van der Waals surface area contributed by atoms with Crippen molar-refractivity contribution in [1.82, 2.24) is 9.62 Å². The largest absolute Gasteiger partial charge is 0.398 e. The molecule has 104 valence electrons. The van der Waals surface area contributed by atoms with E-state index in [4.69, 9.17) is 5.73 Å². The van der Waals surface area contributed by atoms with Gasteiger partial charge in [-0.3, -0.25) is 4.79 Å². The van der Waals surface area contributed by atoms with E-state index in [9.17, 15) is 17.6 Å². The zero-order valence-electron chi connectivity index (χ0n) is 10.1. The van der Waals surface area contributed by atoms with Crippen molar-refractivity contribution in [2.45, 2.75) is 11.3 Å². The molecule has 8 heteroatoms. The summed E-state index contributed by atoms with van der Waals surface area (Å²) in [4.78, 5) is 10.8. The fraction of sp³-hybridized carbons (Fsp3) is 0.364. The van der Waals surface area contributed by atoms with Gasteiger partial charge < -0.3 is 11.1 Å². The minimum atomic E-state index is -4.11. The number of carbonyl (C=O) groups is 1. The van der Waals surface area contributed by atoms with Crippen molar-refractivity contribution in [3.8, 4) is 0 Å². The van der Waals surface area contributed by atoms with Gasteiger partial charge in [-0.05, 0) is 18.6 Å². The highest BCUT2D eigenvalue weighted by Crippen LogP contribution is 2.25. The summed E-state index contributed by atoms with van der Waals surface area (Å²) in [6, 6.07) is 3.67. The monoisotopic (exact) mass is 287 g/mol. The topological polar surface area (TPSA) is 92.5 Å². The molecule has 0 atom stereocenters. The maximum Gasteiger partial charge on any atom is 0.248 e. The lowest BCUT2D eigenvalue weighted by Crippen LogP contribution is -2.38. The average Bonchev–Trinajstić information content (AvgIpc) is 2.53. The fourth-order valence-corrected chi connectivity index (χ4v) is 3.51. The van der Waals surface area contributed by atoms with Crippen LogP contribution in [-0.2, 0) is 14.8 Å². The van der Waals surface area contributed by atoms with Crippen LogP contribution in [0.25, 0.3) is 0 Å². The van der Waals surface area contributed by atoms with Crippen LogP contribution in [-0.4, -0.2) is 38.3 Å². The lowest BCUT2D eigenvalue weighted by Gasteiger charge is -2.20. The van der Waals surface area contributed by atoms with Gasteiger partial charge in [0.25, 0.3) is 0 Å². The second-order valence-electron chi connectivity index (χ2n) is 4.20. The Bertz CT molecular complexity index is 583. The van der Waals surface area contributed by atoms with Crippen LogP contribution in [0, 0.1) is 5.82 Å². The number of nitrogens with zero attached hydrogens (tertiary/aromatic N) is 1. The van der Waals surface area contributed by atoms with Gasteiger partial charge in [0, 0.05) is 13.1 Å². The van der Waals surface area contributed by atoms with Gasteiger partial charge >= 0.3 is 0 Å². The van der Waals surface area contributed by atoms with Crippen molar-refractivity contribution in [2.24, 2.45) is 0 Å². The number of amides is 1. The zero-order chi connectivity index (χ0) is 14.0.